The molecule has 0 saturated heterocycles. The van der Waals surface area contributed by atoms with Gasteiger partial charge in [0.05, 0.1) is 6.04 Å². The van der Waals surface area contributed by atoms with E-state index in [2.05, 4.69) is 10.3 Å². The molecular weight excluding hydrogens is 244 g/mol. The molecule has 0 radical (unpaired) electrons. The summed E-state index contributed by atoms with van der Waals surface area (Å²) in [6.07, 6.45) is 3.49. The van der Waals surface area contributed by atoms with Gasteiger partial charge in [0.15, 0.2) is 0 Å². The second-order valence-corrected chi connectivity index (χ2v) is 4.40. The van der Waals surface area contributed by atoms with Gasteiger partial charge in [-0.15, -0.1) is 0 Å². The SMILES string of the molecule is CC(N[C@H](C)c1ccncc1)c1ccc(C(=O)O)o1. The van der Waals surface area contributed by atoms with Gasteiger partial charge in [-0.1, -0.05) is 0 Å². The molecule has 2 heterocycles. The molecule has 2 N–H and O–H groups in total. The van der Waals surface area contributed by atoms with Crippen LogP contribution in [0.5, 0.6) is 0 Å². The lowest BCUT2D eigenvalue weighted by Crippen LogP contribution is -2.22. The number of aromatic nitrogens is 1. The molecule has 0 fully saturated rings. The van der Waals surface area contributed by atoms with Crippen molar-refractivity contribution in [3.8, 4) is 0 Å². The van der Waals surface area contributed by atoms with Crippen molar-refractivity contribution in [2.75, 3.05) is 0 Å². The van der Waals surface area contributed by atoms with Crippen molar-refractivity contribution >= 4 is 5.97 Å². The summed E-state index contributed by atoms with van der Waals surface area (Å²) in [6, 6.07) is 7.07. The maximum atomic E-state index is 10.8. The number of hydrogen-bond donors (Lipinski definition) is 2. The fourth-order valence-electron chi connectivity index (χ4n) is 1.91. The molecule has 0 amide bonds. The minimum atomic E-state index is -1.05. The molecule has 0 spiro atoms. The lowest BCUT2D eigenvalue weighted by atomic mass is 10.1. The van der Waals surface area contributed by atoms with Crippen LogP contribution in [0.15, 0.2) is 41.1 Å². The van der Waals surface area contributed by atoms with Crippen LogP contribution in [0.25, 0.3) is 0 Å². The first-order chi connectivity index (χ1) is 9.08. The van der Waals surface area contributed by atoms with Crippen LogP contribution in [0.3, 0.4) is 0 Å². The first kappa shape index (κ1) is 13.3. The van der Waals surface area contributed by atoms with Gasteiger partial charge in [-0.05, 0) is 43.7 Å². The summed E-state index contributed by atoms with van der Waals surface area (Å²) >= 11 is 0. The molecule has 2 aromatic heterocycles. The van der Waals surface area contributed by atoms with E-state index in [0.717, 1.165) is 5.56 Å². The molecule has 0 saturated carbocycles. The highest BCUT2D eigenvalue weighted by Crippen LogP contribution is 2.20. The number of furan rings is 1. The Kier molecular flexibility index (Phi) is 3.97. The monoisotopic (exact) mass is 260 g/mol. The van der Waals surface area contributed by atoms with Gasteiger partial charge in [0.1, 0.15) is 5.76 Å². The Bertz CT molecular complexity index is 551. The van der Waals surface area contributed by atoms with Gasteiger partial charge < -0.3 is 14.8 Å². The third-order valence-corrected chi connectivity index (χ3v) is 2.97. The van der Waals surface area contributed by atoms with E-state index in [9.17, 15) is 4.79 Å². The summed E-state index contributed by atoms with van der Waals surface area (Å²) in [5.74, 6) is -0.487. The average molecular weight is 260 g/mol. The lowest BCUT2D eigenvalue weighted by molar-refractivity contribution is 0.0659. The van der Waals surface area contributed by atoms with E-state index in [1.165, 1.54) is 6.07 Å². The van der Waals surface area contributed by atoms with Crippen LogP contribution < -0.4 is 5.32 Å². The van der Waals surface area contributed by atoms with Crippen LogP contribution in [-0.4, -0.2) is 16.1 Å². The molecule has 0 aromatic carbocycles. The highest BCUT2D eigenvalue weighted by atomic mass is 16.4. The zero-order valence-corrected chi connectivity index (χ0v) is 10.8. The Labute approximate surface area is 111 Å². The van der Waals surface area contributed by atoms with E-state index in [1.807, 2.05) is 26.0 Å². The van der Waals surface area contributed by atoms with Crippen LogP contribution in [0, 0.1) is 0 Å². The predicted octanol–water partition coefficient (Wildman–Crippen LogP) is 2.78. The van der Waals surface area contributed by atoms with E-state index in [1.54, 1.807) is 18.5 Å². The van der Waals surface area contributed by atoms with Crippen molar-refractivity contribution < 1.29 is 14.3 Å². The molecule has 19 heavy (non-hydrogen) atoms. The zero-order valence-electron chi connectivity index (χ0n) is 10.8. The number of carboxylic acids is 1. The van der Waals surface area contributed by atoms with Crippen molar-refractivity contribution in [3.05, 3.63) is 53.7 Å². The van der Waals surface area contributed by atoms with E-state index in [4.69, 9.17) is 9.52 Å². The molecule has 0 aliphatic rings. The highest BCUT2D eigenvalue weighted by Gasteiger charge is 2.16. The summed E-state index contributed by atoms with van der Waals surface area (Å²) in [5, 5.41) is 12.2. The van der Waals surface area contributed by atoms with Crippen molar-refractivity contribution in [2.45, 2.75) is 25.9 Å². The molecule has 2 atom stereocenters. The van der Waals surface area contributed by atoms with Crippen molar-refractivity contribution in [2.24, 2.45) is 0 Å². The van der Waals surface area contributed by atoms with E-state index >= 15 is 0 Å². The van der Waals surface area contributed by atoms with Crippen molar-refractivity contribution in [1.29, 1.82) is 0 Å². The number of carbonyl (C=O) groups is 1. The topological polar surface area (TPSA) is 75.4 Å². The van der Waals surface area contributed by atoms with Gasteiger partial charge in [0.2, 0.25) is 5.76 Å². The summed E-state index contributed by atoms with van der Waals surface area (Å²) in [7, 11) is 0. The Morgan fingerprint density at radius 3 is 2.47 bits per heavy atom. The van der Waals surface area contributed by atoms with Crippen LogP contribution in [0.4, 0.5) is 0 Å². The molecule has 2 aromatic rings. The highest BCUT2D eigenvalue weighted by molar-refractivity contribution is 5.84. The predicted molar refractivity (Wildman–Crippen MR) is 69.9 cm³/mol. The number of hydrogen-bond acceptors (Lipinski definition) is 4. The van der Waals surface area contributed by atoms with E-state index in [0.29, 0.717) is 5.76 Å². The number of nitrogens with zero attached hydrogens (tertiary/aromatic N) is 1. The summed E-state index contributed by atoms with van der Waals surface area (Å²) < 4.78 is 5.27. The molecule has 5 heteroatoms. The van der Waals surface area contributed by atoms with E-state index < -0.39 is 5.97 Å². The fraction of sp³-hybridized carbons (Fsp3) is 0.286. The minimum Gasteiger partial charge on any atom is -0.475 e. The molecule has 2 rings (SSSR count). The standard InChI is InChI=1S/C14H16N2O3/c1-9(11-5-7-15-8-6-11)16-10(2)12-3-4-13(19-12)14(17)18/h3-10,16H,1-2H3,(H,17,18)/t9-,10?/m1/s1. The number of rotatable bonds is 5. The van der Waals surface area contributed by atoms with Crippen LogP contribution >= 0.6 is 0 Å². The molecule has 5 nitrogen and oxygen atoms in total. The third-order valence-electron chi connectivity index (χ3n) is 2.97. The number of nitrogens with one attached hydrogen (secondary N) is 1. The molecular formula is C14H16N2O3. The minimum absolute atomic E-state index is 0.0415. The second kappa shape index (κ2) is 5.67. The quantitative estimate of drug-likeness (QED) is 0.864. The van der Waals surface area contributed by atoms with Gasteiger partial charge in [0, 0.05) is 18.4 Å². The van der Waals surface area contributed by atoms with Gasteiger partial charge in [0.25, 0.3) is 0 Å². The van der Waals surface area contributed by atoms with Crippen molar-refractivity contribution in [1.82, 2.24) is 10.3 Å². The zero-order chi connectivity index (χ0) is 13.8. The van der Waals surface area contributed by atoms with Crippen LogP contribution in [-0.2, 0) is 0 Å². The van der Waals surface area contributed by atoms with Gasteiger partial charge in [-0.2, -0.15) is 0 Å². The molecule has 1 unspecified atom stereocenters. The summed E-state index contributed by atoms with van der Waals surface area (Å²) in [4.78, 5) is 14.7. The summed E-state index contributed by atoms with van der Waals surface area (Å²) in [6.45, 7) is 3.97. The Balaban J connectivity index is 2.04. The third kappa shape index (κ3) is 3.20. The normalized spacial score (nSPS) is 14.0. The van der Waals surface area contributed by atoms with Gasteiger partial charge in [-0.3, -0.25) is 4.98 Å². The van der Waals surface area contributed by atoms with Gasteiger partial charge >= 0.3 is 5.97 Å². The van der Waals surface area contributed by atoms with Gasteiger partial charge in [-0.25, -0.2) is 4.79 Å². The average Bonchev–Trinajstić information content (AvgIpc) is 2.89. The Hall–Kier alpha value is -2.14. The lowest BCUT2D eigenvalue weighted by Gasteiger charge is -2.18. The van der Waals surface area contributed by atoms with Crippen LogP contribution in [0.2, 0.25) is 0 Å². The number of carboxylic acid groups (broad SMARTS) is 1. The summed E-state index contributed by atoms with van der Waals surface area (Å²) in [5.41, 5.74) is 1.12. The first-order valence-electron chi connectivity index (χ1n) is 6.07. The van der Waals surface area contributed by atoms with Crippen LogP contribution in [0.1, 0.15) is 47.8 Å². The Morgan fingerprint density at radius 2 is 1.89 bits per heavy atom. The second-order valence-electron chi connectivity index (χ2n) is 4.40. The maximum absolute atomic E-state index is 10.8. The molecule has 100 valence electrons. The first-order valence-corrected chi connectivity index (χ1v) is 6.07. The fourth-order valence-corrected chi connectivity index (χ4v) is 1.91. The number of pyridine rings is 1. The Morgan fingerprint density at radius 1 is 1.21 bits per heavy atom. The largest absolute Gasteiger partial charge is 0.475 e. The smallest absolute Gasteiger partial charge is 0.371 e. The number of aromatic carboxylic acids is 1. The molecule has 0 aliphatic carbocycles. The molecule has 0 bridgehead atoms. The van der Waals surface area contributed by atoms with E-state index in [-0.39, 0.29) is 17.8 Å². The van der Waals surface area contributed by atoms with Crippen molar-refractivity contribution in [3.63, 3.8) is 0 Å². The molecule has 0 aliphatic heterocycles. The maximum Gasteiger partial charge on any atom is 0.371 e.